The topological polar surface area (TPSA) is 37.8 Å². The third-order valence-corrected chi connectivity index (χ3v) is 4.36. The predicted molar refractivity (Wildman–Crippen MR) is 85.2 cm³/mol. The largest absolute Gasteiger partial charge is 0.370 e. The molecule has 1 unspecified atom stereocenters. The summed E-state index contributed by atoms with van der Waals surface area (Å²) in [7, 11) is 0. The van der Waals surface area contributed by atoms with Gasteiger partial charge in [0.05, 0.1) is 0 Å². The molecule has 1 N–H and O–H groups in total. The van der Waals surface area contributed by atoms with Crippen LogP contribution in [-0.2, 0) is 5.41 Å². The highest BCUT2D eigenvalue weighted by Gasteiger charge is 2.21. The van der Waals surface area contributed by atoms with E-state index in [9.17, 15) is 0 Å². The molecule has 0 aliphatic heterocycles. The summed E-state index contributed by atoms with van der Waals surface area (Å²) in [4.78, 5) is 9.48. The van der Waals surface area contributed by atoms with Gasteiger partial charge in [0.2, 0.25) is 0 Å². The van der Waals surface area contributed by atoms with Crippen molar-refractivity contribution in [3.8, 4) is 0 Å². The van der Waals surface area contributed by atoms with E-state index in [-0.39, 0.29) is 5.41 Å². The third-order valence-electron chi connectivity index (χ3n) is 3.00. The Morgan fingerprint density at radius 3 is 2.32 bits per heavy atom. The van der Waals surface area contributed by atoms with Gasteiger partial charge >= 0.3 is 0 Å². The van der Waals surface area contributed by atoms with E-state index in [1.165, 1.54) is 5.56 Å². The Bertz CT molecular complexity index is 424. The Labute approximate surface area is 122 Å². The minimum atomic E-state index is -0.0252. The van der Waals surface area contributed by atoms with E-state index >= 15 is 0 Å². The van der Waals surface area contributed by atoms with Crippen LogP contribution in [0.15, 0.2) is 5.03 Å². The molecule has 0 aliphatic carbocycles. The first kappa shape index (κ1) is 16.3. The lowest BCUT2D eigenvalue weighted by Gasteiger charge is -2.21. The summed E-state index contributed by atoms with van der Waals surface area (Å²) < 4.78 is 0. The van der Waals surface area contributed by atoms with Crippen molar-refractivity contribution in [1.29, 1.82) is 0 Å². The fourth-order valence-electron chi connectivity index (χ4n) is 1.56. The first-order chi connectivity index (χ1) is 8.79. The first-order valence-electron chi connectivity index (χ1n) is 7.09. The molecule has 0 spiro atoms. The van der Waals surface area contributed by atoms with Gasteiger partial charge in [-0.2, -0.15) is 0 Å². The predicted octanol–water partition coefficient (Wildman–Crippen LogP) is 4.40. The van der Waals surface area contributed by atoms with Gasteiger partial charge in [-0.05, 0) is 20.3 Å². The van der Waals surface area contributed by atoms with Crippen LogP contribution >= 0.6 is 11.8 Å². The lowest BCUT2D eigenvalue weighted by molar-refractivity contribution is 0.538. The lowest BCUT2D eigenvalue weighted by atomic mass is 9.95. The van der Waals surface area contributed by atoms with Crippen molar-refractivity contribution in [1.82, 2.24) is 9.97 Å². The van der Waals surface area contributed by atoms with Gasteiger partial charge in [-0.25, -0.2) is 9.97 Å². The van der Waals surface area contributed by atoms with Crippen LogP contribution < -0.4 is 5.32 Å². The first-order valence-corrected chi connectivity index (χ1v) is 7.97. The molecule has 0 amide bonds. The molecule has 19 heavy (non-hydrogen) atoms. The summed E-state index contributed by atoms with van der Waals surface area (Å²) in [5.74, 6) is 1.90. The Kier molecular flexibility index (Phi) is 5.65. The van der Waals surface area contributed by atoms with E-state index in [0.717, 1.165) is 29.6 Å². The van der Waals surface area contributed by atoms with E-state index in [2.05, 4.69) is 53.8 Å². The second-order valence-electron chi connectivity index (χ2n) is 5.94. The highest BCUT2D eigenvalue weighted by molar-refractivity contribution is 7.99. The molecule has 0 bridgehead atoms. The van der Waals surface area contributed by atoms with Crippen molar-refractivity contribution in [2.45, 2.75) is 70.6 Å². The van der Waals surface area contributed by atoms with Gasteiger partial charge in [-0.3, -0.25) is 0 Å². The molecule has 0 saturated carbocycles. The Morgan fingerprint density at radius 1 is 1.21 bits per heavy atom. The summed E-state index contributed by atoms with van der Waals surface area (Å²) in [6.45, 7) is 16.0. The zero-order valence-corrected chi connectivity index (χ0v) is 14.1. The van der Waals surface area contributed by atoms with Crippen LogP contribution in [0.5, 0.6) is 0 Å². The van der Waals surface area contributed by atoms with Crippen molar-refractivity contribution >= 4 is 17.6 Å². The molecule has 0 aliphatic rings. The van der Waals surface area contributed by atoms with Crippen molar-refractivity contribution in [2.24, 2.45) is 0 Å². The number of nitrogens with zero attached hydrogens (tertiary/aromatic N) is 2. The summed E-state index contributed by atoms with van der Waals surface area (Å²) in [6.07, 6.45) is 1.15. The monoisotopic (exact) mass is 281 g/mol. The van der Waals surface area contributed by atoms with Crippen LogP contribution in [0.2, 0.25) is 0 Å². The molecule has 0 radical (unpaired) electrons. The number of nitrogens with one attached hydrogen (secondary N) is 1. The zero-order chi connectivity index (χ0) is 14.6. The average molecular weight is 281 g/mol. The minimum Gasteiger partial charge on any atom is -0.370 e. The molecule has 3 nitrogen and oxygen atoms in total. The molecule has 1 atom stereocenters. The van der Waals surface area contributed by atoms with E-state index in [1.807, 2.05) is 11.8 Å². The number of aromatic nitrogens is 2. The van der Waals surface area contributed by atoms with Crippen molar-refractivity contribution in [2.75, 3.05) is 11.9 Å². The van der Waals surface area contributed by atoms with Crippen LogP contribution in [0.1, 0.15) is 59.4 Å². The molecule has 0 aromatic carbocycles. The average Bonchev–Trinajstić information content (AvgIpc) is 2.32. The summed E-state index contributed by atoms with van der Waals surface area (Å²) in [5.41, 5.74) is 1.14. The molecule has 108 valence electrons. The Morgan fingerprint density at radius 2 is 1.84 bits per heavy atom. The smallest absolute Gasteiger partial charge is 0.137 e. The van der Waals surface area contributed by atoms with Gasteiger partial charge in [0.15, 0.2) is 0 Å². The molecule has 1 rings (SSSR count). The lowest BCUT2D eigenvalue weighted by Crippen LogP contribution is -2.19. The summed E-state index contributed by atoms with van der Waals surface area (Å²) in [5, 5.41) is 5.05. The molecular weight excluding hydrogens is 254 g/mol. The van der Waals surface area contributed by atoms with E-state index in [1.54, 1.807) is 0 Å². The highest BCUT2D eigenvalue weighted by Crippen LogP contribution is 2.32. The van der Waals surface area contributed by atoms with Crippen molar-refractivity contribution in [3.63, 3.8) is 0 Å². The molecular formula is C15H27N3S. The van der Waals surface area contributed by atoms with Crippen LogP contribution in [0.4, 0.5) is 5.82 Å². The van der Waals surface area contributed by atoms with Crippen LogP contribution in [0, 0.1) is 6.92 Å². The number of rotatable bonds is 5. The van der Waals surface area contributed by atoms with Gasteiger partial charge in [0.25, 0.3) is 0 Å². The standard InChI is InChI=1S/C15H27N3S/c1-8-10(3)19-13-11(4)12(16-9-2)17-14(18-13)15(5,6)7/h10H,8-9H2,1-7H3,(H,16,17,18). The van der Waals surface area contributed by atoms with Gasteiger partial charge in [0, 0.05) is 22.8 Å². The van der Waals surface area contributed by atoms with Gasteiger partial charge in [0.1, 0.15) is 16.7 Å². The highest BCUT2D eigenvalue weighted by atomic mass is 32.2. The number of hydrogen-bond donors (Lipinski definition) is 1. The van der Waals surface area contributed by atoms with Gasteiger partial charge in [-0.1, -0.05) is 34.6 Å². The molecule has 1 aromatic rings. The van der Waals surface area contributed by atoms with Crippen LogP contribution in [0.25, 0.3) is 0 Å². The van der Waals surface area contributed by atoms with Crippen LogP contribution in [0.3, 0.4) is 0 Å². The fraction of sp³-hybridized carbons (Fsp3) is 0.733. The third kappa shape index (κ3) is 4.37. The number of hydrogen-bond acceptors (Lipinski definition) is 4. The summed E-state index contributed by atoms with van der Waals surface area (Å²) in [6, 6.07) is 0. The SMILES string of the molecule is CCNc1nc(C(C)(C)C)nc(SC(C)CC)c1C. The maximum Gasteiger partial charge on any atom is 0.137 e. The van der Waals surface area contributed by atoms with E-state index in [4.69, 9.17) is 9.97 Å². The maximum absolute atomic E-state index is 4.79. The van der Waals surface area contributed by atoms with Crippen molar-refractivity contribution in [3.05, 3.63) is 11.4 Å². The summed E-state index contributed by atoms with van der Waals surface area (Å²) >= 11 is 1.85. The van der Waals surface area contributed by atoms with E-state index < -0.39 is 0 Å². The van der Waals surface area contributed by atoms with Crippen molar-refractivity contribution < 1.29 is 0 Å². The minimum absolute atomic E-state index is 0.0252. The number of thioether (sulfide) groups is 1. The van der Waals surface area contributed by atoms with Gasteiger partial charge < -0.3 is 5.32 Å². The van der Waals surface area contributed by atoms with E-state index in [0.29, 0.717) is 5.25 Å². The molecule has 0 saturated heterocycles. The second kappa shape index (κ2) is 6.60. The zero-order valence-electron chi connectivity index (χ0n) is 13.3. The van der Waals surface area contributed by atoms with Crippen LogP contribution in [-0.4, -0.2) is 21.8 Å². The fourth-order valence-corrected chi connectivity index (χ4v) is 2.52. The van der Waals surface area contributed by atoms with Gasteiger partial charge in [-0.15, -0.1) is 11.8 Å². The second-order valence-corrected chi connectivity index (χ2v) is 7.37. The molecule has 1 heterocycles. The normalized spacial score (nSPS) is 13.4. The Hall–Kier alpha value is -0.770. The maximum atomic E-state index is 4.79. The molecule has 4 heteroatoms. The Balaban J connectivity index is 3.23. The molecule has 1 aromatic heterocycles. The quantitative estimate of drug-likeness (QED) is 0.641. The molecule has 0 fully saturated rings. The number of anilines is 1.